The van der Waals surface area contributed by atoms with Crippen molar-refractivity contribution in [1.29, 1.82) is 0 Å². The van der Waals surface area contributed by atoms with E-state index in [-0.39, 0.29) is 12.3 Å². The number of aliphatic carboxylic acids is 1. The van der Waals surface area contributed by atoms with Crippen molar-refractivity contribution in [1.82, 2.24) is 9.80 Å². The minimum Gasteiger partial charge on any atom is -0.480 e. The smallest absolute Gasteiger partial charge is 0.317 e. The van der Waals surface area contributed by atoms with Gasteiger partial charge in [-0.15, -0.1) is 0 Å². The summed E-state index contributed by atoms with van der Waals surface area (Å²) in [7, 11) is -2.87. The Labute approximate surface area is 102 Å². The molecular weight excluding hydrogens is 244 g/mol. The van der Waals surface area contributed by atoms with Crippen LogP contribution in [0.25, 0.3) is 0 Å². The monoisotopic (exact) mass is 264 g/mol. The summed E-state index contributed by atoms with van der Waals surface area (Å²) in [6.07, 6.45) is 1.90. The summed E-state index contributed by atoms with van der Waals surface area (Å²) in [4.78, 5) is 14.6. The van der Waals surface area contributed by atoms with E-state index in [2.05, 4.69) is 4.90 Å². The molecule has 1 fully saturated rings. The van der Waals surface area contributed by atoms with E-state index < -0.39 is 15.8 Å². The molecule has 1 N–H and O–H groups in total. The molecule has 17 heavy (non-hydrogen) atoms. The van der Waals surface area contributed by atoms with E-state index in [4.69, 9.17) is 5.11 Å². The number of carboxylic acid groups (broad SMARTS) is 1. The van der Waals surface area contributed by atoms with Crippen LogP contribution in [-0.4, -0.2) is 80.6 Å². The summed E-state index contributed by atoms with van der Waals surface area (Å²) in [6.45, 7) is 3.98. The molecule has 0 saturated carbocycles. The lowest BCUT2D eigenvalue weighted by atomic mass is 10.3. The second kappa shape index (κ2) is 6.32. The molecule has 1 saturated heterocycles. The van der Waals surface area contributed by atoms with Gasteiger partial charge < -0.3 is 10.0 Å². The first-order valence-corrected chi connectivity index (χ1v) is 7.77. The van der Waals surface area contributed by atoms with E-state index in [1.807, 2.05) is 4.90 Å². The van der Waals surface area contributed by atoms with Crippen LogP contribution in [0.5, 0.6) is 0 Å². The molecule has 0 aliphatic carbocycles. The predicted octanol–water partition coefficient (Wildman–Crippen LogP) is -0.877. The Kier molecular flexibility index (Phi) is 5.35. The highest BCUT2D eigenvalue weighted by molar-refractivity contribution is 7.90. The Morgan fingerprint density at radius 2 is 1.71 bits per heavy atom. The summed E-state index contributed by atoms with van der Waals surface area (Å²) >= 11 is 0. The Balaban J connectivity index is 2.17. The zero-order valence-corrected chi connectivity index (χ0v) is 10.9. The molecule has 0 atom stereocenters. The molecule has 0 bridgehead atoms. The quantitative estimate of drug-likeness (QED) is 0.671. The summed E-state index contributed by atoms with van der Waals surface area (Å²) in [5, 5.41) is 8.64. The molecule has 7 heteroatoms. The molecule has 6 nitrogen and oxygen atoms in total. The van der Waals surface area contributed by atoms with Crippen LogP contribution < -0.4 is 0 Å². The van der Waals surface area contributed by atoms with Crippen LogP contribution in [0, 0.1) is 0 Å². The van der Waals surface area contributed by atoms with Crippen molar-refractivity contribution in [3.8, 4) is 0 Å². The van der Waals surface area contributed by atoms with Gasteiger partial charge in [0.25, 0.3) is 0 Å². The zero-order chi connectivity index (χ0) is 12.9. The molecule has 1 heterocycles. The molecule has 0 aromatic heterocycles. The molecular formula is C10H20N2O4S. The van der Waals surface area contributed by atoms with E-state index >= 15 is 0 Å². The Morgan fingerprint density at radius 1 is 1.18 bits per heavy atom. The molecule has 0 spiro atoms. The third kappa shape index (κ3) is 6.60. The number of piperazine rings is 1. The highest BCUT2D eigenvalue weighted by Crippen LogP contribution is 2.02. The van der Waals surface area contributed by atoms with E-state index in [0.717, 1.165) is 32.7 Å². The zero-order valence-electron chi connectivity index (χ0n) is 10.1. The SMILES string of the molecule is CS(=O)(=O)CCCN1CCN(CC(=O)O)CC1. The van der Waals surface area contributed by atoms with Gasteiger partial charge in [0, 0.05) is 32.4 Å². The third-order valence-corrected chi connectivity index (χ3v) is 3.84. The number of nitrogens with zero attached hydrogens (tertiary/aromatic N) is 2. The summed E-state index contributed by atoms with van der Waals surface area (Å²) in [6, 6.07) is 0. The highest BCUT2D eigenvalue weighted by Gasteiger charge is 2.18. The number of carbonyl (C=O) groups is 1. The Bertz CT molecular complexity index is 347. The van der Waals surface area contributed by atoms with Crippen LogP contribution >= 0.6 is 0 Å². The van der Waals surface area contributed by atoms with E-state index in [0.29, 0.717) is 6.42 Å². The molecule has 0 aromatic carbocycles. The van der Waals surface area contributed by atoms with Gasteiger partial charge in [0.1, 0.15) is 9.84 Å². The fourth-order valence-corrected chi connectivity index (χ4v) is 2.57. The maximum Gasteiger partial charge on any atom is 0.317 e. The second-order valence-corrected chi connectivity index (χ2v) is 6.75. The third-order valence-electron chi connectivity index (χ3n) is 2.81. The van der Waals surface area contributed by atoms with Gasteiger partial charge in [-0.05, 0) is 13.0 Å². The summed E-state index contributed by atoms with van der Waals surface area (Å²) in [5.41, 5.74) is 0. The van der Waals surface area contributed by atoms with E-state index in [1.54, 1.807) is 0 Å². The average molecular weight is 264 g/mol. The van der Waals surface area contributed by atoms with Gasteiger partial charge in [-0.3, -0.25) is 9.69 Å². The van der Waals surface area contributed by atoms with Crippen LogP contribution in [0.3, 0.4) is 0 Å². The molecule has 1 aliphatic rings. The van der Waals surface area contributed by atoms with Gasteiger partial charge in [-0.25, -0.2) is 8.42 Å². The summed E-state index contributed by atoms with van der Waals surface area (Å²) in [5.74, 6) is -0.571. The number of hydrogen-bond acceptors (Lipinski definition) is 5. The van der Waals surface area contributed by atoms with Crippen molar-refractivity contribution >= 4 is 15.8 Å². The van der Waals surface area contributed by atoms with Gasteiger partial charge in [0.15, 0.2) is 0 Å². The van der Waals surface area contributed by atoms with Crippen LogP contribution in [0.15, 0.2) is 0 Å². The Morgan fingerprint density at radius 3 is 2.18 bits per heavy atom. The number of carboxylic acids is 1. The molecule has 0 radical (unpaired) electrons. The molecule has 0 aromatic rings. The standard InChI is InChI=1S/C10H20N2O4S/c1-17(15,16)8-2-3-11-4-6-12(7-5-11)9-10(13)14/h2-9H2,1H3,(H,13,14). The van der Waals surface area contributed by atoms with Crippen molar-refractivity contribution in [3.63, 3.8) is 0 Å². The topological polar surface area (TPSA) is 77.9 Å². The normalized spacial score (nSPS) is 19.4. The van der Waals surface area contributed by atoms with Crippen LogP contribution in [0.2, 0.25) is 0 Å². The van der Waals surface area contributed by atoms with Crippen LogP contribution in [0.1, 0.15) is 6.42 Å². The first-order valence-electron chi connectivity index (χ1n) is 5.71. The lowest BCUT2D eigenvalue weighted by Crippen LogP contribution is -2.48. The molecule has 0 unspecified atom stereocenters. The second-order valence-electron chi connectivity index (χ2n) is 4.49. The van der Waals surface area contributed by atoms with Crippen molar-refractivity contribution in [3.05, 3.63) is 0 Å². The first kappa shape index (κ1) is 14.4. The van der Waals surface area contributed by atoms with Crippen molar-refractivity contribution in [2.24, 2.45) is 0 Å². The minimum atomic E-state index is -2.87. The van der Waals surface area contributed by atoms with Crippen molar-refractivity contribution in [2.45, 2.75) is 6.42 Å². The molecule has 1 aliphatic heterocycles. The minimum absolute atomic E-state index is 0.0944. The summed E-state index contributed by atoms with van der Waals surface area (Å²) < 4.78 is 21.9. The van der Waals surface area contributed by atoms with Gasteiger partial charge in [-0.2, -0.15) is 0 Å². The number of sulfone groups is 1. The predicted molar refractivity (Wildman–Crippen MR) is 64.8 cm³/mol. The maximum atomic E-state index is 11.0. The number of rotatable bonds is 6. The fraction of sp³-hybridized carbons (Fsp3) is 0.900. The lowest BCUT2D eigenvalue weighted by molar-refractivity contribution is -0.138. The largest absolute Gasteiger partial charge is 0.480 e. The maximum absolute atomic E-state index is 11.0. The van der Waals surface area contributed by atoms with Crippen molar-refractivity contribution in [2.75, 3.05) is 51.3 Å². The highest BCUT2D eigenvalue weighted by atomic mass is 32.2. The molecule has 100 valence electrons. The first-order chi connectivity index (χ1) is 7.87. The fourth-order valence-electron chi connectivity index (χ4n) is 1.91. The van der Waals surface area contributed by atoms with Gasteiger partial charge >= 0.3 is 5.97 Å². The lowest BCUT2D eigenvalue weighted by Gasteiger charge is -2.33. The molecule has 0 amide bonds. The molecule has 1 rings (SSSR count). The van der Waals surface area contributed by atoms with Gasteiger partial charge in [0.2, 0.25) is 0 Å². The van der Waals surface area contributed by atoms with Gasteiger partial charge in [0.05, 0.1) is 12.3 Å². The number of hydrogen-bond donors (Lipinski definition) is 1. The van der Waals surface area contributed by atoms with Crippen LogP contribution in [0.4, 0.5) is 0 Å². The van der Waals surface area contributed by atoms with Crippen molar-refractivity contribution < 1.29 is 18.3 Å². The van der Waals surface area contributed by atoms with Gasteiger partial charge in [-0.1, -0.05) is 0 Å². The van der Waals surface area contributed by atoms with E-state index in [1.165, 1.54) is 6.26 Å². The Hall–Kier alpha value is -0.660. The van der Waals surface area contributed by atoms with Crippen LogP contribution in [-0.2, 0) is 14.6 Å². The van der Waals surface area contributed by atoms with E-state index in [9.17, 15) is 13.2 Å². The average Bonchev–Trinajstić information content (AvgIpc) is 2.18.